The lowest BCUT2D eigenvalue weighted by molar-refractivity contribution is 0.162. The molecule has 2 aromatic carbocycles. The van der Waals surface area contributed by atoms with Crippen molar-refractivity contribution in [2.24, 2.45) is 0 Å². The first kappa shape index (κ1) is 32.3. The number of hydrogen-bond acceptors (Lipinski definition) is 5. The fourth-order valence-electron chi connectivity index (χ4n) is 3.86. The molecule has 1 heterocycles. The third-order valence-corrected chi connectivity index (χ3v) is 8.46. The number of rotatable bonds is 9. The summed E-state index contributed by atoms with van der Waals surface area (Å²) in [4.78, 5) is 0. The van der Waals surface area contributed by atoms with Gasteiger partial charge in [0.15, 0.2) is 0 Å². The van der Waals surface area contributed by atoms with Gasteiger partial charge in [0.2, 0.25) is 10.0 Å². The first-order valence-electron chi connectivity index (χ1n) is 12.7. The number of benzene rings is 2. The van der Waals surface area contributed by atoms with E-state index in [9.17, 15) is 17.9 Å². The van der Waals surface area contributed by atoms with Gasteiger partial charge in [0, 0.05) is 6.42 Å². The Morgan fingerprint density at radius 2 is 1.70 bits per heavy atom. The van der Waals surface area contributed by atoms with Gasteiger partial charge in [0.1, 0.15) is 11.1 Å². The van der Waals surface area contributed by atoms with Crippen molar-refractivity contribution in [3.8, 4) is 0 Å². The summed E-state index contributed by atoms with van der Waals surface area (Å²) in [5.41, 5.74) is 2.20. The maximum Gasteiger partial charge on any atom is 0.240 e. The summed E-state index contributed by atoms with van der Waals surface area (Å²) in [6.07, 6.45) is 4.52. The Morgan fingerprint density at radius 3 is 2.19 bits per heavy atom. The van der Waals surface area contributed by atoms with Gasteiger partial charge in [0.05, 0.1) is 37.3 Å². The molecule has 37 heavy (non-hydrogen) atoms. The van der Waals surface area contributed by atoms with E-state index in [-0.39, 0.29) is 18.5 Å². The molecule has 0 radical (unpaired) electrons. The quantitative estimate of drug-likeness (QED) is 0.298. The SMILES string of the molecule is CC.CC/C(=C\C=C(\C)CO)OC.CC1C(CCC(O)c2ccc(F)cc2)S(=O)(=O)N1c1ccccc1. The summed E-state index contributed by atoms with van der Waals surface area (Å²) >= 11 is 0. The van der Waals surface area contributed by atoms with E-state index in [1.54, 1.807) is 19.2 Å². The molecule has 3 rings (SSSR count). The molecule has 1 fully saturated rings. The van der Waals surface area contributed by atoms with Crippen LogP contribution in [0.3, 0.4) is 0 Å². The van der Waals surface area contributed by atoms with Gasteiger partial charge in [-0.05, 0) is 68.2 Å². The summed E-state index contributed by atoms with van der Waals surface area (Å²) in [5.74, 6) is 0.567. The number of halogens is 1. The van der Waals surface area contributed by atoms with Crippen LogP contribution in [0.1, 0.15) is 65.5 Å². The lowest BCUT2D eigenvalue weighted by Crippen LogP contribution is -2.62. The highest BCUT2D eigenvalue weighted by atomic mass is 32.2. The van der Waals surface area contributed by atoms with Gasteiger partial charge in [0.25, 0.3) is 0 Å². The largest absolute Gasteiger partial charge is 0.501 e. The van der Waals surface area contributed by atoms with Crippen LogP contribution in [-0.4, -0.2) is 43.6 Å². The zero-order valence-electron chi connectivity index (χ0n) is 22.8. The summed E-state index contributed by atoms with van der Waals surface area (Å²) in [5, 5.41) is 18.3. The van der Waals surface area contributed by atoms with Crippen LogP contribution in [0.25, 0.3) is 0 Å². The van der Waals surface area contributed by atoms with Crippen LogP contribution in [0.4, 0.5) is 10.1 Å². The fourth-order valence-corrected chi connectivity index (χ4v) is 6.03. The second kappa shape index (κ2) is 16.2. The summed E-state index contributed by atoms with van der Waals surface area (Å²) < 4.78 is 44.5. The minimum atomic E-state index is -3.39. The molecule has 2 aromatic rings. The molecule has 0 aromatic heterocycles. The van der Waals surface area contributed by atoms with Crippen LogP contribution < -0.4 is 4.31 Å². The van der Waals surface area contributed by atoms with Gasteiger partial charge >= 0.3 is 0 Å². The highest BCUT2D eigenvalue weighted by Crippen LogP contribution is 2.38. The molecule has 206 valence electrons. The number of anilines is 1. The number of allylic oxidation sites excluding steroid dienone is 3. The second-order valence-electron chi connectivity index (χ2n) is 8.46. The van der Waals surface area contributed by atoms with Crippen LogP contribution >= 0.6 is 0 Å². The number of methoxy groups -OCH3 is 1. The van der Waals surface area contributed by atoms with Crippen molar-refractivity contribution in [2.45, 2.75) is 71.3 Å². The molecule has 1 aliphatic rings. The molecular weight excluding hydrogens is 493 g/mol. The van der Waals surface area contributed by atoms with Crippen molar-refractivity contribution in [3.63, 3.8) is 0 Å². The molecule has 1 saturated heterocycles. The molecule has 0 bridgehead atoms. The topological polar surface area (TPSA) is 87.1 Å². The Hall–Kier alpha value is -2.68. The van der Waals surface area contributed by atoms with Crippen molar-refractivity contribution >= 4 is 15.7 Å². The van der Waals surface area contributed by atoms with E-state index < -0.39 is 21.4 Å². The van der Waals surface area contributed by atoms with Crippen LogP contribution in [0, 0.1) is 5.82 Å². The molecule has 6 nitrogen and oxygen atoms in total. The van der Waals surface area contributed by atoms with E-state index >= 15 is 0 Å². The van der Waals surface area contributed by atoms with E-state index in [4.69, 9.17) is 9.84 Å². The molecule has 3 unspecified atom stereocenters. The van der Waals surface area contributed by atoms with Gasteiger partial charge in [-0.25, -0.2) is 12.8 Å². The first-order chi connectivity index (χ1) is 17.6. The zero-order valence-corrected chi connectivity index (χ0v) is 23.6. The van der Waals surface area contributed by atoms with E-state index in [0.29, 0.717) is 24.1 Å². The zero-order chi connectivity index (χ0) is 28.0. The molecule has 0 aliphatic carbocycles. The Balaban J connectivity index is 0.000000446. The average Bonchev–Trinajstić information content (AvgIpc) is 2.91. The smallest absolute Gasteiger partial charge is 0.240 e. The van der Waals surface area contributed by atoms with Gasteiger partial charge in [-0.2, -0.15) is 0 Å². The van der Waals surface area contributed by atoms with Gasteiger partial charge < -0.3 is 14.9 Å². The van der Waals surface area contributed by atoms with Crippen molar-refractivity contribution < 1.29 is 27.8 Å². The summed E-state index contributed by atoms with van der Waals surface area (Å²) in [6, 6.07) is 14.5. The predicted molar refractivity (Wildman–Crippen MR) is 149 cm³/mol. The number of nitrogens with zero attached hydrogens (tertiary/aromatic N) is 1. The Labute approximate surface area is 222 Å². The predicted octanol–water partition coefficient (Wildman–Crippen LogP) is 6.14. The van der Waals surface area contributed by atoms with E-state index in [2.05, 4.69) is 0 Å². The Bertz CT molecular complexity index is 1080. The second-order valence-corrected chi connectivity index (χ2v) is 10.5. The van der Waals surface area contributed by atoms with E-state index in [1.165, 1.54) is 28.6 Å². The molecular formula is C29H42FNO5S. The third-order valence-electron chi connectivity index (χ3n) is 5.97. The van der Waals surface area contributed by atoms with Crippen molar-refractivity contribution in [1.82, 2.24) is 0 Å². The lowest BCUT2D eigenvalue weighted by Gasteiger charge is -2.46. The normalized spacial score (nSPS) is 19.4. The number of aliphatic hydroxyl groups excluding tert-OH is 2. The Kier molecular flexibility index (Phi) is 14.2. The van der Waals surface area contributed by atoms with Crippen LogP contribution in [-0.2, 0) is 14.8 Å². The highest BCUT2D eigenvalue weighted by molar-refractivity contribution is 7.95. The standard InChI is InChI=1S/C18H20FNO3S.C9H16O2.C2H6/c1-13-18(12-11-17(21)14-7-9-15(19)10-8-14)24(22,23)20(13)16-5-3-2-4-6-16;1-4-9(11-3)6-5-8(2)7-10;1-2/h2-10,13,17-18,21H,11-12H2,1H3;5-6,10H,4,7H2,1-3H3;1-2H3/b;8-5-,9-6+;. The molecule has 0 saturated carbocycles. The number of hydrogen-bond donors (Lipinski definition) is 2. The van der Waals surface area contributed by atoms with Crippen molar-refractivity contribution in [3.05, 3.63) is 89.5 Å². The number of para-hydroxylation sites is 1. The van der Waals surface area contributed by atoms with Crippen molar-refractivity contribution in [2.75, 3.05) is 18.0 Å². The van der Waals surface area contributed by atoms with Crippen LogP contribution in [0.15, 0.2) is 78.1 Å². The number of ether oxygens (including phenoxy) is 1. The average molecular weight is 536 g/mol. The van der Waals surface area contributed by atoms with Crippen LogP contribution in [0.2, 0.25) is 0 Å². The van der Waals surface area contributed by atoms with E-state index in [1.807, 2.05) is 65.0 Å². The first-order valence-corrected chi connectivity index (χ1v) is 14.2. The summed E-state index contributed by atoms with van der Waals surface area (Å²) in [6.45, 7) is 9.89. The highest BCUT2D eigenvalue weighted by Gasteiger charge is 2.50. The monoisotopic (exact) mass is 535 g/mol. The molecule has 1 aliphatic heterocycles. The fraction of sp³-hybridized carbons (Fsp3) is 0.448. The Morgan fingerprint density at radius 1 is 1.11 bits per heavy atom. The van der Waals surface area contributed by atoms with Gasteiger partial charge in [-0.3, -0.25) is 4.31 Å². The minimum absolute atomic E-state index is 0.108. The summed E-state index contributed by atoms with van der Waals surface area (Å²) in [7, 11) is -1.74. The minimum Gasteiger partial charge on any atom is -0.501 e. The molecule has 0 spiro atoms. The molecule has 0 amide bonds. The van der Waals surface area contributed by atoms with Gasteiger partial charge in [-0.15, -0.1) is 0 Å². The maximum absolute atomic E-state index is 12.9. The lowest BCUT2D eigenvalue weighted by atomic mass is 10.0. The number of sulfonamides is 1. The van der Waals surface area contributed by atoms with Crippen molar-refractivity contribution in [1.29, 1.82) is 0 Å². The third kappa shape index (κ3) is 9.29. The number of aliphatic hydroxyl groups is 2. The maximum atomic E-state index is 12.9. The molecule has 3 atom stereocenters. The molecule has 2 N–H and O–H groups in total. The molecule has 8 heteroatoms. The van der Waals surface area contributed by atoms with E-state index in [0.717, 1.165) is 17.8 Å². The van der Waals surface area contributed by atoms with Gasteiger partial charge in [-0.1, -0.05) is 57.2 Å². The van der Waals surface area contributed by atoms with Crippen LogP contribution in [0.5, 0.6) is 0 Å².